The number of aromatic nitrogens is 2. The van der Waals surface area contributed by atoms with E-state index in [1.54, 1.807) is 0 Å². The summed E-state index contributed by atoms with van der Waals surface area (Å²) in [6.07, 6.45) is -2.58. The van der Waals surface area contributed by atoms with Crippen molar-refractivity contribution in [2.75, 3.05) is 18.0 Å². The largest absolute Gasteiger partial charge is 0.433 e. The molecule has 2 heterocycles. The van der Waals surface area contributed by atoms with Crippen LogP contribution in [0.15, 0.2) is 6.07 Å². The predicted octanol–water partition coefficient (Wildman–Crippen LogP) is 4.02. The number of rotatable bonds is 2. The van der Waals surface area contributed by atoms with Gasteiger partial charge in [0.25, 0.3) is 0 Å². The molecule has 112 valence electrons. The van der Waals surface area contributed by atoms with Crippen LogP contribution in [0.5, 0.6) is 0 Å². The van der Waals surface area contributed by atoms with E-state index in [9.17, 15) is 13.2 Å². The molecule has 0 amide bonds. The van der Waals surface area contributed by atoms with E-state index in [0.29, 0.717) is 24.9 Å². The summed E-state index contributed by atoms with van der Waals surface area (Å²) in [5, 5.41) is -0.360. The average Bonchev–Trinajstić information content (AvgIpc) is 2.37. The summed E-state index contributed by atoms with van der Waals surface area (Å²) in [6.45, 7) is 5.74. The van der Waals surface area contributed by atoms with Crippen molar-refractivity contribution in [1.29, 1.82) is 0 Å². The molecule has 20 heavy (non-hydrogen) atoms. The third-order valence-electron chi connectivity index (χ3n) is 3.78. The van der Waals surface area contributed by atoms with Crippen molar-refractivity contribution >= 4 is 17.4 Å². The van der Waals surface area contributed by atoms with Crippen LogP contribution in [0.3, 0.4) is 0 Å². The number of hydrogen-bond donors (Lipinski definition) is 0. The third-order valence-corrected chi connectivity index (χ3v) is 3.95. The van der Waals surface area contributed by atoms with Crippen LogP contribution in [-0.4, -0.2) is 23.1 Å². The quantitative estimate of drug-likeness (QED) is 0.773. The number of anilines is 1. The molecule has 1 aliphatic heterocycles. The molecular weight excluding hydrogens is 291 g/mol. The normalized spacial score (nSPS) is 17.9. The molecule has 0 bridgehead atoms. The van der Waals surface area contributed by atoms with Gasteiger partial charge in [0.15, 0.2) is 5.69 Å². The van der Waals surface area contributed by atoms with Gasteiger partial charge in [-0.25, -0.2) is 9.97 Å². The van der Waals surface area contributed by atoms with E-state index in [4.69, 9.17) is 11.6 Å². The lowest BCUT2D eigenvalue weighted by molar-refractivity contribution is -0.141. The molecule has 3 nitrogen and oxygen atoms in total. The maximum Gasteiger partial charge on any atom is 0.433 e. The summed E-state index contributed by atoms with van der Waals surface area (Å²) < 4.78 is 38.1. The Kier molecular flexibility index (Phi) is 4.42. The number of piperidine rings is 1. The van der Waals surface area contributed by atoms with Crippen molar-refractivity contribution in [3.63, 3.8) is 0 Å². The Morgan fingerprint density at radius 3 is 2.35 bits per heavy atom. The summed E-state index contributed by atoms with van der Waals surface area (Å²) in [7, 11) is 0. The van der Waals surface area contributed by atoms with Crippen molar-refractivity contribution in [3.8, 4) is 0 Å². The monoisotopic (exact) mass is 307 g/mol. The Bertz CT molecular complexity index is 468. The van der Waals surface area contributed by atoms with Gasteiger partial charge in [-0.1, -0.05) is 13.8 Å². The van der Waals surface area contributed by atoms with Gasteiger partial charge in [-0.15, -0.1) is 0 Å². The highest BCUT2D eigenvalue weighted by Gasteiger charge is 2.34. The van der Waals surface area contributed by atoms with Gasteiger partial charge in [-0.2, -0.15) is 13.2 Å². The first kappa shape index (κ1) is 15.4. The highest BCUT2D eigenvalue weighted by atomic mass is 35.5. The Morgan fingerprint density at radius 1 is 1.25 bits per heavy atom. The summed E-state index contributed by atoms with van der Waals surface area (Å²) >= 11 is 5.61. The van der Waals surface area contributed by atoms with Crippen LogP contribution in [0.4, 0.5) is 19.0 Å². The van der Waals surface area contributed by atoms with Gasteiger partial charge in [0.05, 0.1) is 0 Å². The molecule has 1 saturated heterocycles. The van der Waals surface area contributed by atoms with Crippen LogP contribution < -0.4 is 4.90 Å². The van der Waals surface area contributed by atoms with Crippen molar-refractivity contribution in [3.05, 3.63) is 17.0 Å². The Morgan fingerprint density at radius 2 is 1.85 bits per heavy atom. The summed E-state index contributed by atoms with van der Waals surface area (Å²) in [6, 6.07) is 0.974. The molecule has 0 saturated carbocycles. The SMILES string of the molecule is CC(C)C1CCN(c2cc(C(F)(F)F)nc(Cl)n2)CC1. The molecule has 2 rings (SSSR count). The van der Waals surface area contributed by atoms with E-state index >= 15 is 0 Å². The van der Waals surface area contributed by atoms with E-state index in [1.165, 1.54) is 0 Å². The van der Waals surface area contributed by atoms with E-state index in [1.807, 2.05) is 4.90 Å². The maximum absolute atomic E-state index is 12.7. The molecule has 1 aromatic rings. The van der Waals surface area contributed by atoms with Gasteiger partial charge in [0, 0.05) is 19.2 Å². The zero-order chi connectivity index (χ0) is 14.9. The highest BCUT2D eigenvalue weighted by molar-refractivity contribution is 6.28. The lowest BCUT2D eigenvalue weighted by atomic mass is 9.87. The fourth-order valence-electron chi connectivity index (χ4n) is 2.51. The second kappa shape index (κ2) is 5.76. The van der Waals surface area contributed by atoms with Crippen LogP contribution in [0.1, 0.15) is 32.4 Å². The van der Waals surface area contributed by atoms with Gasteiger partial charge in [-0.05, 0) is 36.3 Å². The first-order valence-electron chi connectivity index (χ1n) is 6.64. The predicted molar refractivity (Wildman–Crippen MR) is 71.8 cm³/mol. The highest BCUT2D eigenvalue weighted by Crippen LogP contribution is 2.32. The van der Waals surface area contributed by atoms with E-state index in [2.05, 4.69) is 23.8 Å². The van der Waals surface area contributed by atoms with Gasteiger partial charge in [0.2, 0.25) is 5.28 Å². The molecule has 0 atom stereocenters. The molecule has 1 aliphatic rings. The molecule has 0 N–H and O–H groups in total. The molecule has 0 aliphatic carbocycles. The third kappa shape index (κ3) is 3.53. The fraction of sp³-hybridized carbons (Fsp3) is 0.692. The topological polar surface area (TPSA) is 29.0 Å². The Labute approximate surface area is 121 Å². The smallest absolute Gasteiger partial charge is 0.356 e. The van der Waals surface area contributed by atoms with Gasteiger partial charge in [-0.3, -0.25) is 0 Å². The van der Waals surface area contributed by atoms with Gasteiger partial charge < -0.3 is 4.90 Å². The van der Waals surface area contributed by atoms with E-state index in [0.717, 1.165) is 18.9 Å². The van der Waals surface area contributed by atoms with Crippen LogP contribution in [-0.2, 0) is 6.18 Å². The zero-order valence-electron chi connectivity index (χ0n) is 11.4. The lowest BCUT2D eigenvalue weighted by Gasteiger charge is -2.34. The summed E-state index contributed by atoms with van der Waals surface area (Å²) in [4.78, 5) is 9.02. The standard InChI is InChI=1S/C13H17ClF3N3/c1-8(2)9-3-5-20(6-4-9)11-7-10(13(15,16)17)18-12(14)19-11/h7-9H,3-6H2,1-2H3. The minimum atomic E-state index is -4.50. The molecular formula is C13H17ClF3N3. The van der Waals surface area contributed by atoms with Crippen molar-refractivity contribution in [2.45, 2.75) is 32.9 Å². The van der Waals surface area contributed by atoms with Gasteiger partial charge >= 0.3 is 6.18 Å². The van der Waals surface area contributed by atoms with Crippen molar-refractivity contribution < 1.29 is 13.2 Å². The second-order valence-electron chi connectivity index (χ2n) is 5.45. The molecule has 0 aromatic carbocycles. The summed E-state index contributed by atoms with van der Waals surface area (Å²) in [5.74, 6) is 1.47. The van der Waals surface area contributed by atoms with Crippen molar-refractivity contribution in [2.24, 2.45) is 11.8 Å². The fourth-order valence-corrected chi connectivity index (χ4v) is 2.69. The number of alkyl halides is 3. The molecule has 1 aromatic heterocycles. The number of halogens is 4. The Balaban J connectivity index is 2.16. The van der Waals surface area contributed by atoms with Crippen molar-refractivity contribution in [1.82, 2.24) is 9.97 Å². The number of hydrogen-bond acceptors (Lipinski definition) is 3. The molecule has 1 fully saturated rings. The van der Waals surface area contributed by atoms with Crippen LogP contribution in [0, 0.1) is 11.8 Å². The first-order chi connectivity index (χ1) is 9.27. The van der Waals surface area contributed by atoms with Crippen LogP contribution >= 0.6 is 11.6 Å². The zero-order valence-corrected chi connectivity index (χ0v) is 12.2. The Hall–Kier alpha value is -1.04. The molecule has 0 radical (unpaired) electrons. The minimum Gasteiger partial charge on any atom is -0.356 e. The molecule has 0 unspecified atom stereocenters. The minimum absolute atomic E-state index is 0.263. The van der Waals surface area contributed by atoms with Crippen LogP contribution in [0.2, 0.25) is 5.28 Å². The second-order valence-corrected chi connectivity index (χ2v) is 5.78. The van der Waals surface area contributed by atoms with E-state index < -0.39 is 11.9 Å². The van der Waals surface area contributed by atoms with Crippen LogP contribution in [0.25, 0.3) is 0 Å². The number of nitrogens with zero attached hydrogens (tertiary/aromatic N) is 3. The van der Waals surface area contributed by atoms with E-state index in [-0.39, 0.29) is 11.1 Å². The molecule has 7 heteroatoms. The maximum atomic E-state index is 12.7. The average molecular weight is 308 g/mol. The lowest BCUT2D eigenvalue weighted by Crippen LogP contribution is -2.36. The molecule has 0 spiro atoms. The first-order valence-corrected chi connectivity index (χ1v) is 7.02. The summed E-state index contributed by atoms with van der Waals surface area (Å²) in [5.41, 5.74) is -0.988. The van der Waals surface area contributed by atoms with Gasteiger partial charge in [0.1, 0.15) is 5.82 Å².